The van der Waals surface area contributed by atoms with Crippen LogP contribution < -0.4 is 0 Å². The van der Waals surface area contributed by atoms with Gasteiger partial charge >= 0.3 is 5.97 Å². The standard InChI is InChI=1S/C13H16O2/c1-2-3-4-5-6-11-7-9-12(10-8-11)13(14)15/h2,7-10H,1,3-6H2,(H,14,15). The van der Waals surface area contributed by atoms with Crippen LogP contribution in [-0.4, -0.2) is 11.1 Å². The van der Waals surface area contributed by atoms with E-state index in [1.807, 2.05) is 18.2 Å². The number of hydrogen-bond donors (Lipinski definition) is 1. The van der Waals surface area contributed by atoms with Gasteiger partial charge in [-0.2, -0.15) is 0 Å². The van der Waals surface area contributed by atoms with Crippen molar-refractivity contribution in [3.05, 3.63) is 48.0 Å². The van der Waals surface area contributed by atoms with Gasteiger partial charge in [0.15, 0.2) is 0 Å². The largest absolute Gasteiger partial charge is 0.478 e. The Balaban J connectivity index is 2.42. The number of carboxylic acids is 1. The van der Waals surface area contributed by atoms with E-state index < -0.39 is 5.97 Å². The summed E-state index contributed by atoms with van der Waals surface area (Å²) in [5, 5.41) is 8.71. The Morgan fingerprint density at radius 2 is 1.93 bits per heavy atom. The third-order valence-electron chi connectivity index (χ3n) is 2.32. The number of benzene rings is 1. The first-order valence-corrected chi connectivity index (χ1v) is 5.17. The quantitative estimate of drug-likeness (QED) is 0.570. The molecule has 0 aliphatic heterocycles. The molecular weight excluding hydrogens is 188 g/mol. The number of aryl methyl sites for hydroxylation is 1. The topological polar surface area (TPSA) is 37.3 Å². The molecule has 0 fully saturated rings. The first-order chi connectivity index (χ1) is 7.24. The molecule has 0 spiro atoms. The fourth-order valence-corrected chi connectivity index (χ4v) is 1.43. The molecular formula is C13H16O2. The van der Waals surface area contributed by atoms with Crippen molar-refractivity contribution in [1.82, 2.24) is 0 Å². The molecule has 0 aliphatic rings. The van der Waals surface area contributed by atoms with Gasteiger partial charge in [-0.25, -0.2) is 4.79 Å². The zero-order valence-electron chi connectivity index (χ0n) is 8.78. The molecule has 0 aliphatic carbocycles. The van der Waals surface area contributed by atoms with Crippen LogP contribution in [0.2, 0.25) is 0 Å². The van der Waals surface area contributed by atoms with Crippen LogP contribution in [0, 0.1) is 0 Å². The Kier molecular flexibility index (Phi) is 4.61. The average molecular weight is 204 g/mol. The first kappa shape index (κ1) is 11.5. The Hall–Kier alpha value is -1.57. The summed E-state index contributed by atoms with van der Waals surface area (Å²) in [7, 11) is 0. The highest BCUT2D eigenvalue weighted by Crippen LogP contribution is 2.09. The first-order valence-electron chi connectivity index (χ1n) is 5.17. The second kappa shape index (κ2) is 6.02. The van der Waals surface area contributed by atoms with Gasteiger partial charge in [0.25, 0.3) is 0 Å². The number of carboxylic acid groups (broad SMARTS) is 1. The summed E-state index contributed by atoms with van der Waals surface area (Å²) in [5.74, 6) is -0.867. The predicted octanol–water partition coefficient (Wildman–Crippen LogP) is 3.28. The maximum absolute atomic E-state index is 10.6. The minimum Gasteiger partial charge on any atom is -0.478 e. The van der Waals surface area contributed by atoms with Gasteiger partial charge in [-0.3, -0.25) is 0 Å². The maximum Gasteiger partial charge on any atom is 0.335 e. The summed E-state index contributed by atoms with van der Waals surface area (Å²) >= 11 is 0. The SMILES string of the molecule is C=CCCCCc1ccc(C(=O)O)cc1. The monoisotopic (exact) mass is 204 g/mol. The van der Waals surface area contributed by atoms with Crippen LogP contribution in [0.5, 0.6) is 0 Å². The van der Waals surface area contributed by atoms with Crippen molar-refractivity contribution < 1.29 is 9.90 Å². The van der Waals surface area contributed by atoms with Gasteiger partial charge in [0.1, 0.15) is 0 Å². The van der Waals surface area contributed by atoms with E-state index in [0.29, 0.717) is 5.56 Å². The molecule has 0 atom stereocenters. The van der Waals surface area contributed by atoms with Crippen LogP contribution in [0.1, 0.15) is 35.2 Å². The van der Waals surface area contributed by atoms with Gasteiger partial charge in [-0.15, -0.1) is 6.58 Å². The second-order valence-electron chi connectivity index (χ2n) is 3.54. The normalized spacial score (nSPS) is 9.87. The summed E-state index contributed by atoms with van der Waals surface area (Å²) < 4.78 is 0. The molecule has 0 aromatic heterocycles. The number of hydrogen-bond acceptors (Lipinski definition) is 1. The van der Waals surface area contributed by atoms with Crippen molar-refractivity contribution in [3.63, 3.8) is 0 Å². The average Bonchev–Trinajstić information content (AvgIpc) is 2.25. The molecule has 0 unspecified atom stereocenters. The molecule has 1 N–H and O–H groups in total. The molecule has 0 saturated carbocycles. The van der Waals surface area contributed by atoms with E-state index in [0.717, 1.165) is 25.7 Å². The molecule has 2 nitrogen and oxygen atoms in total. The van der Waals surface area contributed by atoms with E-state index in [1.165, 1.54) is 5.56 Å². The lowest BCUT2D eigenvalue weighted by Gasteiger charge is -2.01. The Labute approximate surface area is 90.3 Å². The van der Waals surface area contributed by atoms with Gasteiger partial charge in [0.2, 0.25) is 0 Å². The van der Waals surface area contributed by atoms with Crippen molar-refractivity contribution in [3.8, 4) is 0 Å². The zero-order chi connectivity index (χ0) is 11.1. The summed E-state index contributed by atoms with van der Waals surface area (Å²) in [6.07, 6.45) is 6.25. The van der Waals surface area contributed by atoms with Crippen molar-refractivity contribution in [1.29, 1.82) is 0 Å². The predicted molar refractivity (Wildman–Crippen MR) is 61.2 cm³/mol. The van der Waals surface area contributed by atoms with Crippen LogP contribution >= 0.6 is 0 Å². The molecule has 0 amide bonds. The number of allylic oxidation sites excluding steroid dienone is 1. The lowest BCUT2D eigenvalue weighted by atomic mass is 10.1. The molecule has 0 radical (unpaired) electrons. The van der Waals surface area contributed by atoms with Crippen LogP contribution in [0.25, 0.3) is 0 Å². The number of unbranched alkanes of at least 4 members (excludes halogenated alkanes) is 2. The Bertz CT molecular complexity index is 325. The van der Waals surface area contributed by atoms with Gasteiger partial charge in [-0.05, 0) is 43.4 Å². The molecule has 80 valence electrons. The molecule has 1 rings (SSSR count). The maximum atomic E-state index is 10.6. The molecule has 15 heavy (non-hydrogen) atoms. The van der Waals surface area contributed by atoms with E-state index in [4.69, 9.17) is 5.11 Å². The lowest BCUT2D eigenvalue weighted by Crippen LogP contribution is -1.96. The van der Waals surface area contributed by atoms with Gasteiger partial charge < -0.3 is 5.11 Å². The van der Waals surface area contributed by atoms with E-state index in [9.17, 15) is 4.79 Å². The Morgan fingerprint density at radius 3 is 2.47 bits per heavy atom. The molecule has 0 saturated heterocycles. The summed E-state index contributed by atoms with van der Waals surface area (Å²) in [5.41, 5.74) is 1.55. The van der Waals surface area contributed by atoms with E-state index in [1.54, 1.807) is 12.1 Å². The van der Waals surface area contributed by atoms with Crippen molar-refractivity contribution in [2.24, 2.45) is 0 Å². The van der Waals surface area contributed by atoms with Gasteiger partial charge in [0, 0.05) is 0 Å². The van der Waals surface area contributed by atoms with Crippen LogP contribution in [0.15, 0.2) is 36.9 Å². The molecule has 0 bridgehead atoms. The number of rotatable bonds is 6. The van der Waals surface area contributed by atoms with Crippen molar-refractivity contribution in [2.75, 3.05) is 0 Å². The van der Waals surface area contributed by atoms with E-state index in [2.05, 4.69) is 6.58 Å². The summed E-state index contributed by atoms with van der Waals surface area (Å²) in [6.45, 7) is 3.67. The summed E-state index contributed by atoms with van der Waals surface area (Å²) in [4.78, 5) is 10.6. The highest BCUT2D eigenvalue weighted by Gasteiger charge is 2.01. The van der Waals surface area contributed by atoms with E-state index in [-0.39, 0.29) is 0 Å². The Morgan fingerprint density at radius 1 is 1.27 bits per heavy atom. The van der Waals surface area contributed by atoms with Crippen LogP contribution in [0.4, 0.5) is 0 Å². The van der Waals surface area contributed by atoms with Crippen LogP contribution in [-0.2, 0) is 6.42 Å². The highest BCUT2D eigenvalue weighted by molar-refractivity contribution is 5.87. The van der Waals surface area contributed by atoms with E-state index >= 15 is 0 Å². The fourth-order valence-electron chi connectivity index (χ4n) is 1.43. The van der Waals surface area contributed by atoms with Crippen LogP contribution in [0.3, 0.4) is 0 Å². The number of carbonyl (C=O) groups is 1. The van der Waals surface area contributed by atoms with Crippen molar-refractivity contribution >= 4 is 5.97 Å². The minimum absolute atomic E-state index is 0.352. The highest BCUT2D eigenvalue weighted by atomic mass is 16.4. The smallest absolute Gasteiger partial charge is 0.335 e. The van der Waals surface area contributed by atoms with Gasteiger partial charge in [0.05, 0.1) is 5.56 Å². The molecule has 1 aromatic rings. The lowest BCUT2D eigenvalue weighted by molar-refractivity contribution is 0.0697. The molecule has 2 heteroatoms. The summed E-state index contributed by atoms with van der Waals surface area (Å²) in [6, 6.07) is 7.09. The minimum atomic E-state index is -0.867. The third-order valence-corrected chi connectivity index (χ3v) is 2.32. The molecule has 0 heterocycles. The second-order valence-corrected chi connectivity index (χ2v) is 3.54. The number of aromatic carboxylic acids is 1. The van der Waals surface area contributed by atoms with Gasteiger partial charge in [-0.1, -0.05) is 18.2 Å². The zero-order valence-corrected chi connectivity index (χ0v) is 8.78. The van der Waals surface area contributed by atoms with Crippen molar-refractivity contribution in [2.45, 2.75) is 25.7 Å². The molecule has 1 aromatic carbocycles. The fraction of sp³-hybridized carbons (Fsp3) is 0.308. The third kappa shape index (κ3) is 3.98.